The van der Waals surface area contributed by atoms with Gasteiger partial charge in [-0.2, -0.15) is 0 Å². The maximum atomic E-state index is 11.3. The molecule has 2 fully saturated rings. The quantitative estimate of drug-likeness (QED) is 0.871. The highest BCUT2D eigenvalue weighted by atomic mass is 32.2. The average molecular weight is 316 g/mol. The van der Waals surface area contributed by atoms with Gasteiger partial charge in [0.1, 0.15) is 0 Å². The van der Waals surface area contributed by atoms with Crippen molar-refractivity contribution in [1.82, 2.24) is 9.62 Å². The molecule has 1 N–H and O–H groups in total. The molecule has 2 atom stereocenters. The Labute approximate surface area is 124 Å². The number of thiophene rings is 1. The van der Waals surface area contributed by atoms with Gasteiger partial charge in [0.25, 0.3) is 0 Å². The van der Waals surface area contributed by atoms with E-state index in [1.165, 1.54) is 11.1 Å². The van der Waals surface area contributed by atoms with Gasteiger partial charge in [-0.15, -0.1) is 11.3 Å². The average Bonchev–Trinajstić information content (AvgIpc) is 3.01. The molecule has 3 rings (SSSR count). The molecule has 0 aromatic carbocycles. The first-order chi connectivity index (χ1) is 9.47. The smallest absolute Gasteiger partial charge is 0.208 e. The van der Waals surface area contributed by atoms with Gasteiger partial charge in [-0.3, -0.25) is 4.90 Å². The predicted octanol–water partition coefficient (Wildman–Crippen LogP) is 0.746. The van der Waals surface area contributed by atoms with Crippen LogP contribution in [-0.4, -0.2) is 52.4 Å². The molecule has 1 aromatic heterocycles. The highest BCUT2D eigenvalue weighted by Crippen LogP contribution is 2.41. The molecule has 7 heteroatoms. The molecule has 5 nitrogen and oxygen atoms in total. The Kier molecular flexibility index (Phi) is 3.89. The first-order valence-corrected chi connectivity index (χ1v) is 9.51. The number of rotatable bonds is 5. The summed E-state index contributed by atoms with van der Waals surface area (Å²) in [5.41, 5.74) is -0.0552. The fourth-order valence-electron chi connectivity index (χ4n) is 3.21. The van der Waals surface area contributed by atoms with Gasteiger partial charge in [0.05, 0.1) is 19.5 Å². The van der Waals surface area contributed by atoms with Crippen LogP contribution in [0.2, 0.25) is 0 Å². The van der Waals surface area contributed by atoms with Gasteiger partial charge in [0.2, 0.25) is 10.0 Å². The summed E-state index contributed by atoms with van der Waals surface area (Å²) in [6, 6.07) is 4.22. The molecular weight excluding hydrogens is 296 g/mol. The van der Waals surface area contributed by atoms with Crippen LogP contribution in [0.25, 0.3) is 0 Å². The largest absolute Gasteiger partial charge is 0.380 e. The van der Waals surface area contributed by atoms with E-state index in [0.717, 1.165) is 26.2 Å². The summed E-state index contributed by atoms with van der Waals surface area (Å²) < 4.78 is 31.0. The van der Waals surface area contributed by atoms with Gasteiger partial charge in [-0.05, 0) is 11.4 Å². The van der Waals surface area contributed by atoms with Crippen molar-refractivity contribution in [2.24, 2.45) is 11.3 Å². The summed E-state index contributed by atoms with van der Waals surface area (Å²) in [6.07, 6.45) is 1.22. The Balaban J connectivity index is 1.67. The van der Waals surface area contributed by atoms with Crippen molar-refractivity contribution >= 4 is 21.4 Å². The topological polar surface area (TPSA) is 58.6 Å². The summed E-state index contributed by atoms with van der Waals surface area (Å²) >= 11 is 1.77. The maximum Gasteiger partial charge on any atom is 0.208 e. The van der Waals surface area contributed by atoms with Crippen LogP contribution in [0, 0.1) is 11.3 Å². The van der Waals surface area contributed by atoms with E-state index >= 15 is 0 Å². The van der Waals surface area contributed by atoms with Crippen LogP contribution in [0.15, 0.2) is 17.5 Å². The second-order valence-electron chi connectivity index (χ2n) is 5.92. The fourth-order valence-corrected chi connectivity index (χ4v) is 4.51. The van der Waals surface area contributed by atoms with Crippen molar-refractivity contribution in [3.8, 4) is 0 Å². The minimum Gasteiger partial charge on any atom is -0.380 e. The van der Waals surface area contributed by atoms with E-state index in [1.54, 1.807) is 11.3 Å². The van der Waals surface area contributed by atoms with E-state index < -0.39 is 10.0 Å². The van der Waals surface area contributed by atoms with Crippen LogP contribution in [0.5, 0.6) is 0 Å². The maximum absolute atomic E-state index is 11.3. The van der Waals surface area contributed by atoms with Gasteiger partial charge in [-0.1, -0.05) is 6.07 Å². The van der Waals surface area contributed by atoms with Crippen LogP contribution >= 0.6 is 11.3 Å². The fraction of sp³-hybridized carbons (Fsp3) is 0.692. The Hall–Kier alpha value is -0.470. The zero-order chi connectivity index (χ0) is 14.2. The summed E-state index contributed by atoms with van der Waals surface area (Å²) in [5.74, 6) is 0.428. The summed E-state index contributed by atoms with van der Waals surface area (Å²) in [7, 11) is -3.14. The van der Waals surface area contributed by atoms with Crippen molar-refractivity contribution in [3.05, 3.63) is 22.4 Å². The van der Waals surface area contributed by atoms with Crippen molar-refractivity contribution < 1.29 is 13.2 Å². The molecule has 112 valence electrons. The SMILES string of the molecule is CS(=O)(=O)NC[C@]12COC[C@H]1CN(Cc1cccs1)C2. The second kappa shape index (κ2) is 5.38. The molecule has 2 saturated heterocycles. The van der Waals surface area contributed by atoms with Gasteiger partial charge in [0.15, 0.2) is 0 Å². The van der Waals surface area contributed by atoms with Crippen LogP contribution in [0.3, 0.4) is 0 Å². The van der Waals surface area contributed by atoms with Gasteiger partial charge < -0.3 is 4.74 Å². The Morgan fingerprint density at radius 2 is 2.45 bits per heavy atom. The van der Waals surface area contributed by atoms with E-state index in [-0.39, 0.29) is 5.41 Å². The molecule has 2 aliphatic heterocycles. The summed E-state index contributed by atoms with van der Waals surface area (Å²) in [6.45, 7) is 4.72. The number of nitrogens with one attached hydrogen (secondary N) is 1. The minimum atomic E-state index is -3.14. The molecule has 0 aliphatic carbocycles. The molecule has 0 amide bonds. The first kappa shape index (κ1) is 14.5. The lowest BCUT2D eigenvalue weighted by Crippen LogP contribution is -2.42. The summed E-state index contributed by atoms with van der Waals surface area (Å²) in [5, 5.41) is 2.09. The molecule has 0 spiro atoms. The molecule has 2 aliphatic rings. The first-order valence-electron chi connectivity index (χ1n) is 6.74. The molecule has 1 aromatic rings. The number of hydrogen-bond acceptors (Lipinski definition) is 5. The number of fused-ring (bicyclic) bond motifs is 1. The highest BCUT2D eigenvalue weighted by molar-refractivity contribution is 7.88. The van der Waals surface area contributed by atoms with Gasteiger partial charge >= 0.3 is 0 Å². The monoisotopic (exact) mass is 316 g/mol. The number of hydrogen-bond donors (Lipinski definition) is 1. The lowest BCUT2D eigenvalue weighted by atomic mass is 9.81. The zero-order valence-corrected chi connectivity index (χ0v) is 13.2. The van der Waals surface area contributed by atoms with Gasteiger partial charge in [0, 0.05) is 42.4 Å². The third-order valence-corrected chi connectivity index (χ3v) is 5.77. The molecule has 0 unspecified atom stereocenters. The van der Waals surface area contributed by atoms with Crippen molar-refractivity contribution in [2.75, 3.05) is 39.1 Å². The normalized spacial score (nSPS) is 30.8. The Morgan fingerprint density at radius 3 is 3.15 bits per heavy atom. The number of nitrogens with zero attached hydrogens (tertiary/aromatic N) is 1. The van der Waals surface area contributed by atoms with Crippen molar-refractivity contribution in [2.45, 2.75) is 6.54 Å². The lowest BCUT2D eigenvalue weighted by Gasteiger charge is -2.27. The molecule has 3 heterocycles. The van der Waals surface area contributed by atoms with Crippen molar-refractivity contribution in [1.29, 1.82) is 0 Å². The van der Waals surface area contributed by atoms with Crippen LogP contribution in [0.4, 0.5) is 0 Å². The highest BCUT2D eigenvalue weighted by Gasteiger charge is 2.50. The van der Waals surface area contributed by atoms with E-state index in [2.05, 4.69) is 27.1 Å². The predicted molar refractivity (Wildman–Crippen MR) is 79.2 cm³/mol. The van der Waals surface area contributed by atoms with Crippen LogP contribution < -0.4 is 4.72 Å². The van der Waals surface area contributed by atoms with Crippen molar-refractivity contribution in [3.63, 3.8) is 0 Å². The standard InChI is InChI=1S/C13H20N2O3S2/c1-20(16,17)14-8-13-9-15(5-11(13)7-18-10-13)6-12-3-2-4-19-12/h2-4,11,14H,5-10H2,1H3/t11-,13+/m1/s1. The second-order valence-corrected chi connectivity index (χ2v) is 8.78. The minimum absolute atomic E-state index is 0.0552. The zero-order valence-electron chi connectivity index (χ0n) is 11.5. The van der Waals surface area contributed by atoms with Crippen LogP contribution in [0.1, 0.15) is 4.88 Å². The number of ether oxygens (including phenoxy) is 1. The molecule has 0 saturated carbocycles. The Morgan fingerprint density at radius 1 is 1.60 bits per heavy atom. The third kappa shape index (κ3) is 3.07. The lowest BCUT2D eigenvalue weighted by molar-refractivity contribution is 0.128. The molecule has 0 radical (unpaired) electrons. The molecule has 0 bridgehead atoms. The van der Waals surface area contributed by atoms with E-state index in [9.17, 15) is 8.42 Å². The number of likely N-dealkylation sites (tertiary alicyclic amines) is 1. The summed E-state index contributed by atoms with van der Waals surface area (Å²) in [4.78, 5) is 3.78. The van der Waals surface area contributed by atoms with E-state index in [0.29, 0.717) is 19.1 Å². The van der Waals surface area contributed by atoms with E-state index in [4.69, 9.17) is 4.74 Å². The number of sulfonamides is 1. The Bertz CT molecular complexity index is 558. The molecule has 20 heavy (non-hydrogen) atoms. The van der Waals surface area contributed by atoms with Gasteiger partial charge in [-0.25, -0.2) is 13.1 Å². The third-order valence-electron chi connectivity index (χ3n) is 4.24. The van der Waals surface area contributed by atoms with E-state index in [1.807, 2.05) is 0 Å². The van der Waals surface area contributed by atoms with Crippen LogP contribution in [-0.2, 0) is 21.3 Å². The molecular formula is C13H20N2O3S2.